The molecule has 120 valence electrons. The fraction of sp³-hybridized carbons (Fsp3) is 0.353. The largest absolute Gasteiger partial charge is 0.374 e. The van der Waals surface area contributed by atoms with Crippen LogP contribution in [0.25, 0.3) is 10.8 Å². The standard InChI is InChI=1S/C17H17NO4S/c19-17(14-10-12-8-9-15(14)22-12)18-23(20,21)16-7-3-5-11-4-1-2-6-13(11)16/h1-7,12,14-15H,8-10H2,(H,18,19)/t12-,14-,15+/m1/s1. The van der Waals surface area contributed by atoms with Crippen LogP contribution in [0.5, 0.6) is 0 Å². The minimum atomic E-state index is -3.90. The van der Waals surface area contributed by atoms with E-state index in [1.54, 1.807) is 18.2 Å². The van der Waals surface area contributed by atoms with Crippen molar-refractivity contribution in [1.29, 1.82) is 0 Å². The Hall–Kier alpha value is -1.92. The van der Waals surface area contributed by atoms with Crippen LogP contribution in [-0.4, -0.2) is 26.5 Å². The van der Waals surface area contributed by atoms with Gasteiger partial charge in [0.25, 0.3) is 10.0 Å². The van der Waals surface area contributed by atoms with Gasteiger partial charge in [0.15, 0.2) is 0 Å². The average molecular weight is 331 g/mol. The first-order valence-electron chi connectivity index (χ1n) is 7.74. The number of carbonyl (C=O) groups excluding carboxylic acids is 1. The van der Waals surface area contributed by atoms with Gasteiger partial charge in [-0.05, 0) is 30.7 Å². The molecule has 23 heavy (non-hydrogen) atoms. The van der Waals surface area contributed by atoms with Crippen LogP contribution in [0.4, 0.5) is 0 Å². The number of ether oxygens (including phenoxy) is 1. The third-order valence-corrected chi connectivity index (χ3v) is 6.12. The Labute approximate surface area is 134 Å². The summed E-state index contributed by atoms with van der Waals surface area (Å²) in [5.74, 6) is -0.816. The van der Waals surface area contributed by atoms with Crippen molar-refractivity contribution in [3.63, 3.8) is 0 Å². The highest BCUT2D eigenvalue weighted by Crippen LogP contribution is 2.39. The van der Waals surface area contributed by atoms with Crippen molar-refractivity contribution in [3.05, 3.63) is 42.5 Å². The Bertz CT molecular complexity index is 872. The lowest BCUT2D eigenvalue weighted by molar-refractivity contribution is -0.124. The number of carbonyl (C=O) groups is 1. The quantitative estimate of drug-likeness (QED) is 0.936. The summed E-state index contributed by atoms with van der Waals surface area (Å²) >= 11 is 0. The van der Waals surface area contributed by atoms with E-state index in [0.29, 0.717) is 11.8 Å². The lowest BCUT2D eigenvalue weighted by atomic mass is 9.89. The smallest absolute Gasteiger partial charge is 0.264 e. The van der Waals surface area contributed by atoms with Crippen molar-refractivity contribution in [2.75, 3.05) is 0 Å². The number of sulfonamides is 1. The lowest BCUT2D eigenvalue weighted by Crippen LogP contribution is -2.39. The highest BCUT2D eigenvalue weighted by atomic mass is 32.2. The molecule has 3 atom stereocenters. The number of benzene rings is 2. The maximum atomic E-state index is 12.6. The molecule has 2 saturated heterocycles. The van der Waals surface area contributed by atoms with Crippen molar-refractivity contribution < 1.29 is 17.9 Å². The van der Waals surface area contributed by atoms with E-state index in [1.165, 1.54) is 6.07 Å². The second-order valence-corrected chi connectivity index (χ2v) is 7.81. The molecule has 2 aromatic carbocycles. The molecule has 2 aliphatic heterocycles. The molecule has 2 heterocycles. The zero-order valence-electron chi connectivity index (χ0n) is 12.4. The molecular formula is C17H17NO4S. The topological polar surface area (TPSA) is 72.5 Å². The second kappa shape index (κ2) is 5.32. The van der Waals surface area contributed by atoms with E-state index in [1.807, 2.05) is 18.2 Å². The Morgan fingerprint density at radius 1 is 1.09 bits per heavy atom. The third kappa shape index (κ3) is 2.52. The van der Waals surface area contributed by atoms with Crippen LogP contribution in [0.1, 0.15) is 19.3 Å². The number of fused-ring (bicyclic) bond motifs is 3. The molecule has 0 spiro atoms. The summed E-state index contributed by atoms with van der Waals surface area (Å²) in [6.07, 6.45) is 2.38. The zero-order valence-corrected chi connectivity index (χ0v) is 13.3. The molecule has 2 aromatic rings. The monoisotopic (exact) mass is 331 g/mol. The van der Waals surface area contributed by atoms with Gasteiger partial charge in [0, 0.05) is 5.39 Å². The predicted octanol–water partition coefficient (Wildman–Crippen LogP) is 2.21. The first-order valence-corrected chi connectivity index (χ1v) is 9.23. The summed E-state index contributed by atoms with van der Waals surface area (Å²) in [7, 11) is -3.90. The fourth-order valence-electron chi connectivity index (χ4n) is 3.61. The molecule has 2 aliphatic rings. The van der Waals surface area contributed by atoms with Gasteiger partial charge in [0.2, 0.25) is 5.91 Å². The molecule has 1 amide bonds. The van der Waals surface area contributed by atoms with E-state index in [9.17, 15) is 13.2 Å². The Morgan fingerprint density at radius 2 is 1.87 bits per heavy atom. The fourth-order valence-corrected chi connectivity index (χ4v) is 4.87. The maximum Gasteiger partial charge on any atom is 0.264 e. The molecule has 2 bridgehead atoms. The molecular weight excluding hydrogens is 314 g/mol. The SMILES string of the molecule is O=C(NS(=O)(=O)c1cccc2ccccc12)[C@@H]1C[C@H]2CC[C@@H]1O2. The summed E-state index contributed by atoms with van der Waals surface area (Å²) in [6.45, 7) is 0. The van der Waals surface area contributed by atoms with E-state index in [4.69, 9.17) is 4.74 Å². The van der Waals surface area contributed by atoms with Crippen LogP contribution in [0, 0.1) is 5.92 Å². The highest BCUT2D eigenvalue weighted by Gasteiger charge is 2.45. The molecule has 0 aliphatic carbocycles. The Balaban J connectivity index is 1.63. The van der Waals surface area contributed by atoms with Crippen LogP contribution in [-0.2, 0) is 19.6 Å². The molecule has 1 N–H and O–H groups in total. The van der Waals surface area contributed by atoms with E-state index < -0.39 is 15.9 Å². The summed E-state index contributed by atoms with van der Waals surface area (Å²) in [4.78, 5) is 12.5. The Kier molecular flexibility index (Phi) is 3.39. The summed E-state index contributed by atoms with van der Waals surface area (Å²) < 4.78 is 33.2. The maximum absolute atomic E-state index is 12.6. The molecule has 4 rings (SSSR count). The van der Waals surface area contributed by atoms with E-state index in [2.05, 4.69) is 4.72 Å². The number of hydrogen-bond donors (Lipinski definition) is 1. The van der Waals surface area contributed by atoms with Crippen molar-refractivity contribution in [3.8, 4) is 0 Å². The minimum absolute atomic E-state index is 0.107. The van der Waals surface area contributed by atoms with Gasteiger partial charge in [-0.25, -0.2) is 13.1 Å². The third-order valence-electron chi connectivity index (χ3n) is 4.72. The van der Waals surface area contributed by atoms with Gasteiger partial charge in [-0.15, -0.1) is 0 Å². The van der Waals surface area contributed by atoms with Gasteiger partial charge in [-0.3, -0.25) is 4.79 Å². The molecule has 0 aromatic heterocycles. The average Bonchev–Trinajstić information content (AvgIpc) is 3.17. The van der Waals surface area contributed by atoms with Crippen molar-refractivity contribution in [2.24, 2.45) is 5.92 Å². The summed E-state index contributed by atoms with van der Waals surface area (Å²) in [5.41, 5.74) is 0. The second-order valence-electron chi connectivity index (χ2n) is 6.16. The van der Waals surface area contributed by atoms with E-state index in [0.717, 1.165) is 18.2 Å². The van der Waals surface area contributed by atoms with E-state index in [-0.39, 0.29) is 23.0 Å². The van der Waals surface area contributed by atoms with Crippen molar-refractivity contribution in [1.82, 2.24) is 4.72 Å². The van der Waals surface area contributed by atoms with Gasteiger partial charge in [0.1, 0.15) is 0 Å². The summed E-state index contributed by atoms with van der Waals surface area (Å²) in [5, 5.41) is 1.44. The number of nitrogens with one attached hydrogen (secondary N) is 1. The number of hydrogen-bond acceptors (Lipinski definition) is 4. The van der Waals surface area contributed by atoms with Gasteiger partial charge in [0.05, 0.1) is 23.0 Å². The molecule has 2 fully saturated rings. The van der Waals surface area contributed by atoms with Crippen LogP contribution in [0.2, 0.25) is 0 Å². The van der Waals surface area contributed by atoms with Gasteiger partial charge >= 0.3 is 0 Å². The van der Waals surface area contributed by atoms with E-state index >= 15 is 0 Å². The first-order chi connectivity index (χ1) is 11.0. The zero-order chi connectivity index (χ0) is 16.0. The van der Waals surface area contributed by atoms with Gasteiger partial charge in [-0.1, -0.05) is 36.4 Å². The molecule has 0 unspecified atom stereocenters. The number of amides is 1. The molecule has 6 heteroatoms. The number of rotatable bonds is 3. The van der Waals surface area contributed by atoms with Crippen LogP contribution >= 0.6 is 0 Å². The van der Waals surface area contributed by atoms with Crippen LogP contribution in [0.15, 0.2) is 47.4 Å². The van der Waals surface area contributed by atoms with Gasteiger partial charge in [-0.2, -0.15) is 0 Å². The summed E-state index contributed by atoms with van der Waals surface area (Å²) in [6, 6.07) is 12.3. The van der Waals surface area contributed by atoms with Crippen molar-refractivity contribution >= 4 is 26.7 Å². The lowest BCUT2D eigenvalue weighted by Gasteiger charge is -2.18. The molecule has 5 nitrogen and oxygen atoms in total. The minimum Gasteiger partial charge on any atom is -0.374 e. The normalized spacial score (nSPS) is 26.5. The Morgan fingerprint density at radius 3 is 2.61 bits per heavy atom. The molecule has 0 radical (unpaired) electrons. The van der Waals surface area contributed by atoms with Crippen LogP contribution in [0.3, 0.4) is 0 Å². The first kappa shape index (κ1) is 14.7. The van der Waals surface area contributed by atoms with Gasteiger partial charge < -0.3 is 4.74 Å². The van der Waals surface area contributed by atoms with Crippen LogP contribution < -0.4 is 4.72 Å². The highest BCUT2D eigenvalue weighted by molar-refractivity contribution is 7.90. The molecule has 0 saturated carbocycles. The predicted molar refractivity (Wildman–Crippen MR) is 85.3 cm³/mol. The van der Waals surface area contributed by atoms with Crippen molar-refractivity contribution in [2.45, 2.75) is 36.4 Å².